The Morgan fingerprint density at radius 1 is 1.23 bits per heavy atom. The monoisotopic (exact) mass is 388 g/mol. The van der Waals surface area contributed by atoms with E-state index in [1.807, 2.05) is 12.2 Å². The number of carbonyl (C=O) groups is 3. The highest BCUT2D eigenvalue weighted by Gasteiger charge is 2.27. The second-order valence-corrected chi connectivity index (χ2v) is 5.54. The summed E-state index contributed by atoms with van der Waals surface area (Å²) in [5, 5.41) is 32.5. The average molecular weight is 389 g/mol. The van der Waals surface area contributed by atoms with Crippen LogP contribution >= 0.6 is 11.6 Å². The molecule has 10 heteroatoms. The third-order valence-electron chi connectivity index (χ3n) is 3.26. The number of nitrogens with one attached hydrogen (secondary N) is 2. The Morgan fingerprint density at radius 2 is 1.92 bits per heavy atom. The van der Waals surface area contributed by atoms with Crippen LogP contribution in [0, 0.1) is 0 Å². The van der Waals surface area contributed by atoms with Gasteiger partial charge in [-0.25, -0.2) is 4.79 Å². The Balaban J connectivity index is 2.92. The summed E-state index contributed by atoms with van der Waals surface area (Å²) in [5.41, 5.74) is -1.03. The van der Waals surface area contributed by atoms with Gasteiger partial charge in [-0.1, -0.05) is 11.6 Å². The molecule has 0 aliphatic rings. The molecule has 0 saturated heterocycles. The number of carbonyl (C=O) groups excluding carboxylic acids is 3. The van der Waals surface area contributed by atoms with Gasteiger partial charge in [0.05, 0.1) is 22.8 Å². The molecular formula is C16H21ClN2O7. The normalized spacial score (nSPS) is 10.4. The number of ether oxygens (including phenoxy) is 1. The molecule has 1 aromatic carbocycles. The quantitative estimate of drug-likeness (QED) is 0.242. The van der Waals surface area contributed by atoms with Gasteiger partial charge in [0, 0.05) is 32.2 Å². The molecule has 0 aliphatic heterocycles. The SMILES string of the molecule is CCOCCCNC(=O)NC(=O)c1c(Cl)cc(O)c(O)c1C(=O)CCO. The number of rotatable bonds is 9. The van der Waals surface area contributed by atoms with Crippen molar-refractivity contribution >= 4 is 29.3 Å². The van der Waals surface area contributed by atoms with Gasteiger partial charge in [0.15, 0.2) is 17.3 Å². The number of halogens is 1. The van der Waals surface area contributed by atoms with Crippen LogP contribution in [0.5, 0.6) is 11.5 Å². The van der Waals surface area contributed by atoms with Crippen LogP contribution in [0.25, 0.3) is 0 Å². The molecule has 0 aliphatic carbocycles. The number of imide groups is 1. The fourth-order valence-electron chi connectivity index (χ4n) is 2.08. The molecule has 1 aromatic rings. The molecular weight excluding hydrogens is 368 g/mol. The van der Waals surface area contributed by atoms with Crippen molar-refractivity contribution in [2.75, 3.05) is 26.4 Å². The molecule has 0 unspecified atom stereocenters. The number of aliphatic hydroxyl groups excluding tert-OH is 1. The number of hydrogen-bond acceptors (Lipinski definition) is 7. The van der Waals surface area contributed by atoms with E-state index >= 15 is 0 Å². The van der Waals surface area contributed by atoms with Crippen LogP contribution in [0.3, 0.4) is 0 Å². The number of phenolic OH excluding ortho intramolecular Hbond substituents is 2. The Bertz CT molecular complexity index is 679. The summed E-state index contributed by atoms with van der Waals surface area (Å²) in [6.07, 6.45) is 0.133. The minimum Gasteiger partial charge on any atom is -0.504 e. The largest absolute Gasteiger partial charge is 0.504 e. The summed E-state index contributed by atoms with van der Waals surface area (Å²) in [6, 6.07) is 0.0531. The molecule has 26 heavy (non-hydrogen) atoms. The van der Waals surface area contributed by atoms with Gasteiger partial charge in [-0.2, -0.15) is 0 Å². The first-order valence-corrected chi connectivity index (χ1v) is 8.26. The van der Waals surface area contributed by atoms with Crippen molar-refractivity contribution in [3.63, 3.8) is 0 Å². The lowest BCUT2D eigenvalue weighted by molar-refractivity contribution is 0.0921. The summed E-state index contributed by atoms with van der Waals surface area (Å²) in [4.78, 5) is 36.2. The Labute approximate surface area is 154 Å². The van der Waals surface area contributed by atoms with Crippen molar-refractivity contribution in [2.24, 2.45) is 0 Å². The van der Waals surface area contributed by atoms with Gasteiger partial charge in [-0.15, -0.1) is 0 Å². The standard InChI is InChI=1S/C16H21ClN2O7/c1-2-26-7-3-5-18-16(25)19-15(24)12-9(17)8-11(22)14(23)13(12)10(21)4-6-20/h8,20,22-23H,2-7H2,1H3,(H2,18,19,24,25). The molecule has 9 nitrogen and oxygen atoms in total. The minimum atomic E-state index is -1.03. The zero-order valence-electron chi connectivity index (χ0n) is 14.2. The van der Waals surface area contributed by atoms with E-state index in [1.165, 1.54) is 0 Å². The first-order valence-electron chi connectivity index (χ1n) is 7.88. The maximum Gasteiger partial charge on any atom is 0.321 e. The lowest BCUT2D eigenvalue weighted by Gasteiger charge is -2.13. The van der Waals surface area contributed by atoms with E-state index < -0.39 is 53.4 Å². The molecule has 0 spiro atoms. The van der Waals surface area contributed by atoms with Crippen LogP contribution in [0.1, 0.15) is 40.5 Å². The molecule has 0 saturated carbocycles. The number of urea groups is 1. The van der Waals surface area contributed by atoms with Gasteiger partial charge in [0.1, 0.15) is 0 Å². The molecule has 0 aromatic heterocycles. The van der Waals surface area contributed by atoms with E-state index in [4.69, 9.17) is 21.4 Å². The fraction of sp³-hybridized carbons (Fsp3) is 0.438. The van der Waals surface area contributed by atoms with Gasteiger partial charge in [-0.05, 0) is 13.3 Å². The molecule has 1 rings (SSSR count). The maximum atomic E-state index is 12.3. The Hall–Kier alpha value is -2.36. The molecule has 0 bridgehead atoms. The van der Waals surface area contributed by atoms with Crippen LogP contribution in [0.4, 0.5) is 4.79 Å². The van der Waals surface area contributed by atoms with E-state index in [2.05, 4.69) is 5.32 Å². The Morgan fingerprint density at radius 3 is 2.54 bits per heavy atom. The zero-order valence-corrected chi connectivity index (χ0v) is 14.9. The van der Waals surface area contributed by atoms with E-state index in [0.717, 1.165) is 6.07 Å². The highest BCUT2D eigenvalue weighted by Crippen LogP contribution is 2.37. The van der Waals surface area contributed by atoms with Gasteiger partial charge >= 0.3 is 6.03 Å². The van der Waals surface area contributed by atoms with Crippen molar-refractivity contribution in [2.45, 2.75) is 19.8 Å². The zero-order chi connectivity index (χ0) is 19.7. The molecule has 0 heterocycles. The van der Waals surface area contributed by atoms with Crippen LogP contribution < -0.4 is 10.6 Å². The average Bonchev–Trinajstić information content (AvgIpc) is 2.57. The summed E-state index contributed by atoms with van der Waals surface area (Å²) in [7, 11) is 0. The second kappa shape index (κ2) is 10.6. The number of aromatic hydroxyl groups is 2. The molecule has 144 valence electrons. The predicted molar refractivity (Wildman–Crippen MR) is 92.8 cm³/mol. The van der Waals surface area contributed by atoms with Gasteiger partial charge in [0.2, 0.25) is 0 Å². The number of benzene rings is 1. The number of Topliss-reactive ketones (excluding diaryl/α,β-unsaturated/α-hetero) is 1. The van der Waals surface area contributed by atoms with Crippen LogP contribution in [0.15, 0.2) is 6.07 Å². The number of aliphatic hydroxyl groups is 1. The third-order valence-corrected chi connectivity index (χ3v) is 3.56. The van der Waals surface area contributed by atoms with Crippen LogP contribution in [0.2, 0.25) is 5.02 Å². The topological polar surface area (TPSA) is 145 Å². The van der Waals surface area contributed by atoms with Gasteiger partial charge in [-0.3, -0.25) is 14.9 Å². The first-order chi connectivity index (χ1) is 12.3. The van der Waals surface area contributed by atoms with Crippen molar-refractivity contribution in [1.82, 2.24) is 10.6 Å². The number of amides is 3. The molecule has 0 fully saturated rings. The maximum absolute atomic E-state index is 12.3. The van der Waals surface area contributed by atoms with Crippen LogP contribution in [-0.4, -0.2) is 59.4 Å². The number of hydrogen-bond donors (Lipinski definition) is 5. The number of ketones is 1. The fourth-order valence-corrected chi connectivity index (χ4v) is 2.36. The highest BCUT2D eigenvalue weighted by molar-refractivity contribution is 6.35. The highest BCUT2D eigenvalue weighted by atomic mass is 35.5. The van der Waals surface area contributed by atoms with Crippen molar-refractivity contribution in [3.8, 4) is 11.5 Å². The van der Waals surface area contributed by atoms with E-state index in [1.54, 1.807) is 0 Å². The van der Waals surface area contributed by atoms with E-state index in [0.29, 0.717) is 19.6 Å². The molecule has 3 amide bonds. The lowest BCUT2D eigenvalue weighted by Crippen LogP contribution is -2.40. The number of phenols is 2. The minimum absolute atomic E-state index is 0.254. The van der Waals surface area contributed by atoms with Crippen molar-refractivity contribution in [1.29, 1.82) is 0 Å². The summed E-state index contributed by atoms with van der Waals surface area (Å²) in [5.74, 6) is -3.40. The lowest BCUT2D eigenvalue weighted by atomic mass is 9.99. The first kappa shape index (κ1) is 21.7. The van der Waals surface area contributed by atoms with E-state index in [9.17, 15) is 24.6 Å². The smallest absolute Gasteiger partial charge is 0.321 e. The summed E-state index contributed by atoms with van der Waals surface area (Å²) >= 11 is 5.90. The van der Waals surface area contributed by atoms with Gasteiger partial charge < -0.3 is 25.4 Å². The predicted octanol–water partition coefficient (Wildman–Crippen LogP) is 1.18. The second-order valence-electron chi connectivity index (χ2n) is 5.13. The molecule has 0 radical (unpaired) electrons. The molecule has 0 atom stereocenters. The van der Waals surface area contributed by atoms with Gasteiger partial charge in [0.25, 0.3) is 5.91 Å². The summed E-state index contributed by atoms with van der Waals surface area (Å²) in [6.45, 7) is 2.56. The summed E-state index contributed by atoms with van der Waals surface area (Å²) < 4.78 is 5.11. The van der Waals surface area contributed by atoms with Crippen LogP contribution in [-0.2, 0) is 4.74 Å². The van der Waals surface area contributed by atoms with Crippen molar-refractivity contribution < 1.29 is 34.4 Å². The van der Waals surface area contributed by atoms with Crippen molar-refractivity contribution in [3.05, 3.63) is 22.2 Å². The Kier molecular flexibility index (Phi) is 8.83. The third kappa shape index (κ3) is 5.87. The van der Waals surface area contributed by atoms with E-state index in [-0.39, 0.29) is 11.6 Å². The molecule has 5 N–H and O–H groups in total.